The summed E-state index contributed by atoms with van der Waals surface area (Å²) in [7, 11) is -17.5. The van der Waals surface area contributed by atoms with Gasteiger partial charge < -0.3 is 5.11 Å². The average Bonchev–Trinajstić information content (AvgIpc) is 2.62. The molecule has 0 saturated carbocycles. The number of rotatable bonds is 10. The summed E-state index contributed by atoms with van der Waals surface area (Å²) in [4.78, 5) is 0. The monoisotopic (exact) mass is 638 g/mol. The minimum atomic E-state index is -8.73. The standard InChI is InChI=1S/C12H8F18O5S2/c1-3(31)2-4(36(32,33)11(27,28)7(17,18)5(13,14)9(21,22)23)37(34,35)12(29,30)8(19,20)6(15,16)10(24,25)26/h3-4,31H,2H2,1H3. The first-order valence-corrected chi connectivity index (χ1v) is 11.2. The van der Waals surface area contributed by atoms with Crippen molar-refractivity contribution in [1.82, 2.24) is 0 Å². The van der Waals surface area contributed by atoms with Crippen molar-refractivity contribution < 1.29 is 101 Å². The fourth-order valence-electron chi connectivity index (χ4n) is 2.11. The van der Waals surface area contributed by atoms with Gasteiger partial charge >= 0.3 is 46.6 Å². The molecule has 0 fully saturated rings. The predicted octanol–water partition coefficient (Wildman–Crippen LogP) is 4.76. The summed E-state index contributed by atoms with van der Waals surface area (Å²) in [5, 5.41) is -7.49. The first kappa shape index (κ1) is 35.6. The highest BCUT2D eigenvalue weighted by atomic mass is 32.3. The van der Waals surface area contributed by atoms with Gasteiger partial charge in [0.25, 0.3) is 0 Å². The number of aliphatic hydroxyl groups is 1. The Hall–Kier alpha value is -1.40. The van der Waals surface area contributed by atoms with E-state index >= 15 is 0 Å². The van der Waals surface area contributed by atoms with Crippen LogP contribution in [0.5, 0.6) is 0 Å². The summed E-state index contributed by atoms with van der Waals surface area (Å²) >= 11 is 0. The second-order valence-electron chi connectivity index (χ2n) is 6.93. The molecule has 0 spiro atoms. The van der Waals surface area contributed by atoms with Gasteiger partial charge in [-0.2, -0.15) is 79.0 Å². The molecule has 37 heavy (non-hydrogen) atoms. The molecule has 0 aromatic rings. The van der Waals surface area contributed by atoms with Crippen LogP contribution in [0.3, 0.4) is 0 Å². The van der Waals surface area contributed by atoms with Crippen molar-refractivity contribution in [2.45, 2.75) is 70.6 Å². The molecule has 0 saturated heterocycles. The Kier molecular flexibility index (Phi) is 8.73. The maximum Gasteiger partial charge on any atom is 0.460 e. The third-order valence-corrected chi connectivity index (χ3v) is 9.40. The smallest absolute Gasteiger partial charge is 0.393 e. The van der Waals surface area contributed by atoms with Crippen LogP contribution < -0.4 is 0 Å². The van der Waals surface area contributed by atoms with Gasteiger partial charge in [0, 0.05) is 6.42 Å². The minimum absolute atomic E-state index is 0.0563. The second-order valence-corrected chi connectivity index (χ2v) is 11.6. The van der Waals surface area contributed by atoms with Crippen molar-refractivity contribution in [3.63, 3.8) is 0 Å². The zero-order chi connectivity index (χ0) is 30.9. The molecule has 0 aromatic heterocycles. The molecule has 224 valence electrons. The molecule has 0 heterocycles. The molecule has 0 radical (unpaired) electrons. The lowest BCUT2D eigenvalue weighted by molar-refractivity contribution is -0.382. The number of hydrogen-bond acceptors (Lipinski definition) is 5. The highest BCUT2D eigenvalue weighted by Crippen LogP contribution is 2.59. The van der Waals surface area contributed by atoms with Gasteiger partial charge in [0.2, 0.25) is 19.7 Å². The van der Waals surface area contributed by atoms with E-state index in [1.54, 1.807) is 0 Å². The van der Waals surface area contributed by atoms with Crippen LogP contribution in [-0.2, 0) is 19.7 Å². The molecule has 0 amide bonds. The van der Waals surface area contributed by atoms with Gasteiger partial charge in [-0.3, -0.25) is 0 Å². The zero-order valence-corrected chi connectivity index (χ0v) is 18.2. The number of alkyl halides is 18. The third-order valence-electron chi connectivity index (χ3n) is 4.17. The van der Waals surface area contributed by atoms with Crippen molar-refractivity contribution in [2.24, 2.45) is 0 Å². The molecule has 1 N–H and O–H groups in total. The molecule has 1 unspecified atom stereocenters. The van der Waals surface area contributed by atoms with E-state index in [1.165, 1.54) is 0 Å². The molecule has 0 aliphatic rings. The number of aliphatic hydroxyl groups excluding tert-OH is 1. The van der Waals surface area contributed by atoms with E-state index in [-0.39, 0.29) is 6.92 Å². The summed E-state index contributed by atoms with van der Waals surface area (Å²) in [6.45, 7) is -0.0563. The Morgan fingerprint density at radius 3 is 0.892 bits per heavy atom. The maximum atomic E-state index is 13.9. The van der Waals surface area contributed by atoms with Gasteiger partial charge in [0.15, 0.2) is 4.58 Å². The number of sulfone groups is 2. The van der Waals surface area contributed by atoms with Gasteiger partial charge in [-0.05, 0) is 6.92 Å². The molecule has 0 bridgehead atoms. The summed E-state index contributed by atoms with van der Waals surface area (Å²) in [5.74, 6) is -33.1. The molecule has 0 aliphatic carbocycles. The molecular formula is C12H8F18O5S2. The van der Waals surface area contributed by atoms with Gasteiger partial charge in [-0.15, -0.1) is 0 Å². The van der Waals surface area contributed by atoms with Crippen LogP contribution in [0.4, 0.5) is 79.0 Å². The predicted molar refractivity (Wildman–Crippen MR) is 79.7 cm³/mol. The maximum absolute atomic E-state index is 13.9. The van der Waals surface area contributed by atoms with Crippen molar-refractivity contribution >= 4 is 19.7 Å². The number of halogens is 18. The van der Waals surface area contributed by atoms with Crippen LogP contribution in [0.2, 0.25) is 0 Å². The topological polar surface area (TPSA) is 88.5 Å². The Bertz CT molecular complexity index is 974. The highest BCUT2D eigenvalue weighted by molar-refractivity contribution is 8.10. The first-order chi connectivity index (χ1) is 15.5. The minimum Gasteiger partial charge on any atom is -0.393 e. The van der Waals surface area contributed by atoms with E-state index in [2.05, 4.69) is 0 Å². The van der Waals surface area contributed by atoms with Gasteiger partial charge in [-0.1, -0.05) is 0 Å². The lowest BCUT2D eigenvalue weighted by atomic mass is 10.1. The van der Waals surface area contributed by atoms with E-state index in [0.29, 0.717) is 0 Å². The number of hydrogen-bond donors (Lipinski definition) is 1. The molecular weight excluding hydrogens is 630 g/mol. The summed E-state index contributed by atoms with van der Waals surface area (Å²) < 4.78 is 276. The summed E-state index contributed by atoms with van der Waals surface area (Å²) in [6, 6.07) is 0. The lowest BCUT2D eigenvalue weighted by Crippen LogP contribution is -2.68. The first-order valence-electron chi connectivity index (χ1n) is 8.10. The van der Waals surface area contributed by atoms with E-state index in [4.69, 9.17) is 5.11 Å². The van der Waals surface area contributed by atoms with Gasteiger partial charge in [-0.25, -0.2) is 16.8 Å². The van der Waals surface area contributed by atoms with Crippen LogP contribution in [-0.4, -0.2) is 79.2 Å². The molecule has 5 nitrogen and oxygen atoms in total. The fraction of sp³-hybridized carbons (Fsp3) is 1.00. The molecule has 25 heteroatoms. The Labute approximate surface area is 192 Å². The molecule has 0 aliphatic heterocycles. The van der Waals surface area contributed by atoms with E-state index in [9.17, 15) is 95.9 Å². The van der Waals surface area contributed by atoms with Crippen molar-refractivity contribution in [3.05, 3.63) is 0 Å². The molecule has 0 rings (SSSR count). The van der Waals surface area contributed by atoms with Crippen molar-refractivity contribution in [1.29, 1.82) is 0 Å². The molecule has 0 aromatic carbocycles. The Morgan fingerprint density at radius 1 is 0.514 bits per heavy atom. The van der Waals surface area contributed by atoms with Crippen LogP contribution in [0, 0.1) is 0 Å². The highest BCUT2D eigenvalue weighted by Gasteiger charge is 2.89. The SMILES string of the molecule is CC(O)CC(S(=O)(=O)C(F)(F)C(F)(F)C(F)(F)C(F)(F)F)S(=O)(=O)C(F)(F)C(F)(F)C(F)(F)C(F)(F)F. The van der Waals surface area contributed by atoms with Crippen LogP contribution in [0.15, 0.2) is 0 Å². The average molecular weight is 638 g/mol. The normalized spacial score (nSPS) is 17.3. The van der Waals surface area contributed by atoms with Crippen molar-refractivity contribution in [3.8, 4) is 0 Å². The second kappa shape index (κ2) is 9.08. The van der Waals surface area contributed by atoms with Crippen LogP contribution >= 0.6 is 0 Å². The molecule has 1 atom stereocenters. The van der Waals surface area contributed by atoms with Crippen molar-refractivity contribution in [2.75, 3.05) is 0 Å². The largest absolute Gasteiger partial charge is 0.460 e. The Morgan fingerprint density at radius 2 is 0.730 bits per heavy atom. The lowest BCUT2D eigenvalue weighted by Gasteiger charge is -2.37. The van der Waals surface area contributed by atoms with Crippen LogP contribution in [0.1, 0.15) is 13.3 Å². The summed E-state index contributed by atoms with van der Waals surface area (Å²) in [6.07, 6.45) is -21.7. The van der Waals surface area contributed by atoms with E-state index < -0.39 is 83.3 Å². The van der Waals surface area contributed by atoms with Crippen LogP contribution in [0.25, 0.3) is 0 Å². The van der Waals surface area contributed by atoms with E-state index in [0.717, 1.165) is 0 Å². The van der Waals surface area contributed by atoms with Gasteiger partial charge in [0.05, 0.1) is 6.10 Å². The Balaban J connectivity index is 7.48. The van der Waals surface area contributed by atoms with Gasteiger partial charge in [0.1, 0.15) is 0 Å². The summed E-state index contributed by atoms with van der Waals surface area (Å²) in [5.41, 5.74) is 0. The quantitative estimate of drug-likeness (QED) is 0.349. The third kappa shape index (κ3) is 4.90. The van der Waals surface area contributed by atoms with E-state index in [1.807, 2.05) is 0 Å². The zero-order valence-electron chi connectivity index (χ0n) is 16.6. The fourth-order valence-corrected chi connectivity index (χ4v) is 6.86.